The predicted molar refractivity (Wildman–Crippen MR) is 103 cm³/mol. The fourth-order valence-electron chi connectivity index (χ4n) is 2.93. The molecule has 0 N–H and O–H groups in total. The van der Waals surface area contributed by atoms with Gasteiger partial charge in [-0.1, -0.05) is 30.3 Å². The van der Waals surface area contributed by atoms with E-state index in [0.717, 1.165) is 27.2 Å². The van der Waals surface area contributed by atoms with Gasteiger partial charge in [0.2, 0.25) is 0 Å². The summed E-state index contributed by atoms with van der Waals surface area (Å²) in [5.74, 6) is 0.325. The third kappa shape index (κ3) is 2.78. The lowest BCUT2D eigenvalue weighted by atomic mass is 10.2. The van der Waals surface area contributed by atoms with Crippen molar-refractivity contribution in [3.63, 3.8) is 0 Å². The highest BCUT2D eigenvalue weighted by Crippen LogP contribution is 2.36. The Hall–Kier alpha value is -2.99. The molecule has 0 spiro atoms. The number of aromatic nitrogens is 3. The molecule has 3 aromatic heterocycles. The molecule has 26 heavy (non-hydrogen) atoms. The first kappa shape index (κ1) is 16.5. The molecular weight excluding hydrogens is 346 g/mol. The van der Waals surface area contributed by atoms with Crippen LogP contribution in [0.5, 0.6) is 0 Å². The molecule has 6 heteroatoms. The van der Waals surface area contributed by atoms with Gasteiger partial charge in [-0.05, 0) is 26.0 Å². The number of aryl methyl sites for hydroxylation is 1. The lowest BCUT2D eigenvalue weighted by molar-refractivity contribution is 0.0532. The van der Waals surface area contributed by atoms with E-state index in [1.807, 2.05) is 66.3 Å². The zero-order valence-electron chi connectivity index (χ0n) is 14.5. The Kier molecular flexibility index (Phi) is 4.26. The number of benzene rings is 1. The van der Waals surface area contributed by atoms with E-state index < -0.39 is 0 Å². The molecule has 0 aliphatic rings. The number of hydrogen-bond donors (Lipinski definition) is 0. The number of carbonyl (C=O) groups is 1. The maximum absolute atomic E-state index is 12.5. The summed E-state index contributed by atoms with van der Waals surface area (Å²) >= 11 is 1.35. The topological polar surface area (TPSA) is 57.0 Å². The first-order chi connectivity index (χ1) is 12.7. The van der Waals surface area contributed by atoms with Crippen LogP contribution in [0.3, 0.4) is 0 Å². The molecule has 0 atom stereocenters. The Morgan fingerprint density at radius 2 is 1.85 bits per heavy atom. The van der Waals surface area contributed by atoms with E-state index in [1.54, 1.807) is 6.92 Å². The van der Waals surface area contributed by atoms with Crippen LogP contribution in [0.1, 0.15) is 22.3 Å². The van der Waals surface area contributed by atoms with Crippen molar-refractivity contribution in [2.75, 3.05) is 6.61 Å². The molecule has 0 saturated heterocycles. The SMILES string of the molecule is CCOC(=O)c1sc2nc(-c3ccccc3)nc(C)c2c1-n1cccc1. The predicted octanol–water partition coefficient (Wildman–Crippen LogP) is 4.63. The number of ether oxygens (including phenoxy) is 1. The summed E-state index contributed by atoms with van der Waals surface area (Å²) < 4.78 is 7.18. The van der Waals surface area contributed by atoms with E-state index in [-0.39, 0.29) is 5.97 Å². The number of carbonyl (C=O) groups excluding carboxylic acids is 1. The molecule has 0 aliphatic carbocycles. The van der Waals surface area contributed by atoms with E-state index in [0.29, 0.717) is 17.3 Å². The fourth-order valence-corrected chi connectivity index (χ4v) is 4.05. The van der Waals surface area contributed by atoms with E-state index >= 15 is 0 Å². The van der Waals surface area contributed by atoms with Gasteiger partial charge in [-0.25, -0.2) is 14.8 Å². The van der Waals surface area contributed by atoms with Crippen LogP contribution in [0.15, 0.2) is 54.9 Å². The second-order valence-corrected chi connectivity index (χ2v) is 6.77. The molecule has 4 aromatic rings. The van der Waals surface area contributed by atoms with Gasteiger partial charge >= 0.3 is 5.97 Å². The van der Waals surface area contributed by atoms with Gasteiger partial charge < -0.3 is 9.30 Å². The summed E-state index contributed by atoms with van der Waals surface area (Å²) in [5, 5.41) is 0.883. The molecule has 0 unspecified atom stereocenters. The lowest BCUT2D eigenvalue weighted by Crippen LogP contribution is -2.06. The normalized spacial score (nSPS) is 11.0. The van der Waals surface area contributed by atoms with Gasteiger partial charge in [0.1, 0.15) is 9.71 Å². The van der Waals surface area contributed by atoms with Crippen LogP contribution in [-0.4, -0.2) is 27.1 Å². The third-order valence-electron chi connectivity index (χ3n) is 4.06. The first-order valence-corrected chi connectivity index (χ1v) is 9.17. The average molecular weight is 363 g/mol. The number of fused-ring (bicyclic) bond motifs is 1. The maximum Gasteiger partial charge on any atom is 0.350 e. The lowest BCUT2D eigenvalue weighted by Gasteiger charge is -2.07. The maximum atomic E-state index is 12.5. The van der Waals surface area contributed by atoms with Crippen LogP contribution in [-0.2, 0) is 4.74 Å². The van der Waals surface area contributed by atoms with Crippen molar-refractivity contribution in [1.29, 1.82) is 0 Å². The molecule has 0 radical (unpaired) electrons. The van der Waals surface area contributed by atoms with E-state index in [2.05, 4.69) is 0 Å². The molecule has 1 aromatic carbocycles. The fraction of sp³-hybridized carbons (Fsp3) is 0.150. The smallest absolute Gasteiger partial charge is 0.350 e. The van der Waals surface area contributed by atoms with Crippen LogP contribution in [0.4, 0.5) is 0 Å². The minimum absolute atomic E-state index is 0.331. The van der Waals surface area contributed by atoms with Crippen LogP contribution < -0.4 is 0 Å². The summed E-state index contributed by atoms with van der Waals surface area (Å²) in [6.45, 7) is 4.09. The Labute approximate surface area is 154 Å². The quantitative estimate of drug-likeness (QED) is 0.496. The number of nitrogens with zero attached hydrogens (tertiary/aromatic N) is 3. The van der Waals surface area contributed by atoms with Crippen molar-refractivity contribution in [3.8, 4) is 17.1 Å². The van der Waals surface area contributed by atoms with E-state index in [4.69, 9.17) is 14.7 Å². The van der Waals surface area contributed by atoms with Gasteiger partial charge in [-0.3, -0.25) is 0 Å². The van der Waals surface area contributed by atoms with Gasteiger partial charge in [0.25, 0.3) is 0 Å². The highest BCUT2D eigenvalue weighted by Gasteiger charge is 2.24. The van der Waals surface area contributed by atoms with Crippen molar-refractivity contribution >= 4 is 27.5 Å². The minimum atomic E-state index is -0.333. The molecule has 0 fully saturated rings. The highest BCUT2D eigenvalue weighted by molar-refractivity contribution is 7.21. The molecule has 130 valence electrons. The molecule has 0 bridgehead atoms. The number of hydrogen-bond acceptors (Lipinski definition) is 5. The van der Waals surface area contributed by atoms with Gasteiger partial charge in [-0.2, -0.15) is 0 Å². The van der Waals surface area contributed by atoms with Crippen LogP contribution >= 0.6 is 11.3 Å². The number of thiophene rings is 1. The summed E-state index contributed by atoms with van der Waals surface area (Å²) in [7, 11) is 0. The van der Waals surface area contributed by atoms with Gasteiger partial charge in [0.05, 0.1) is 23.4 Å². The van der Waals surface area contributed by atoms with E-state index in [9.17, 15) is 4.79 Å². The second kappa shape index (κ2) is 6.72. The van der Waals surface area contributed by atoms with Crippen molar-refractivity contribution < 1.29 is 9.53 Å². The minimum Gasteiger partial charge on any atom is -0.462 e. The van der Waals surface area contributed by atoms with Crippen molar-refractivity contribution in [2.45, 2.75) is 13.8 Å². The molecule has 0 aliphatic heterocycles. The number of esters is 1. The second-order valence-electron chi connectivity index (χ2n) is 5.77. The molecular formula is C20H17N3O2S. The van der Waals surface area contributed by atoms with Crippen LogP contribution in [0.25, 0.3) is 27.3 Å². The zero-order valence-corrected chi connectivity index (χ0v) is 15.3. The standard InChI is InChI=1S/C20H17N3O2S/c1-3-25-20(24)17-16(23-11-7-8-12-23)15-13(2)21-18(22-19(15)26-17)14-9-5-4-6-10-14/h4-12H,3H2,1-2H3. The highest BCUT2D eigenvalue weighted by atomic mass is 32.1. The van der Waals surface area contributed by atoms with Crippen LogP contribution in [0.2, 0.25) is 0 Å². The Balaban J connectivity index is 1.98. The molecule has 3 heterocycles. The monoisotopic (exact) mass is 363 g/mol. The summed E-state index contributed by atoms with van der Waals surface area (Å²) in [4.78, 5) is 23.3. The van der Waals surface area contributed by atoms with Crippen molar-refractivity contribution in [3.05, 3.63) is 65.4 Å². The first-order valence-electron chi connectivity index (χ1n) is 8.36. The Morgan fingerprint density at radius 1 is 1.12 bits per heavy atom. The largest absolute Gasteiger partial charge is 0.462 e. The summed E-state index contributed by atoms with van der Waals surface area (Å²) in [6.07, 6.45) is 3.82. The van der Waals surface area contributed by atoms with Gasteiger partial charge in [-0.15, -0.1) is 11.3 Å². The molecule has 0 amide bonds. The average Bonchev–Trinajstić information content (AvgIpc) is 3.30. The molecule has 0 saturated carbocycles. The number of rotatable bonds is 4. The van der Waals surface area contributed by atoms with Gasteiger partial charge in [0, 0.05) is 18.0 Å². The van der Waals surface area contributed by atoms with Crippen molar-refractivity contribution in [1.82, 2.24) is 14.5 Å². The molecule has 5 nitrogen and oxygen atoms in total. The molecule has 4 rings (SSSR count). The van der Waals surface area contributed by atoms with E-state index in [1.165, 1.54) is 11.3 Å². The van der Waals surface area contributed by atoms with Crippen molar-refractivity contribution in [2.24, 2.45) is 0 Å². The van der Waals surface area contributed by atoms with Crippen LogP contribution in [0, 0.1) is 6.92 Å². The zero-order chi connectivity index (χ0) is 18.1. The summed E-state index contributed by atoms with van der Waals surface area (Å²) in [5.41, 5.74) is 2.57. The Morgan fingerprint density at radius 3 is 2.54 bits per heavy atom. The van der Waals surface area contributed by atoms with Gasteiger partial charge in [0.15, 0.2) is 5.82 Å². The summed E-state index contributed by atoms with van der Waals surface area (Å²) in [6, 6.07) is 13.7. The Bertz CT molecular complexity index is 1070. The third-order valence-corrected chi connectivity index (χ3v) is 5.12.